The Hall–Kier alpha value is -2.63. The fraction of sp³-hybridized carbons (Fsp3) is 0.214. The van der Waals surface area contributed by atoms with Crippen LogP contribution in [0.15, 0.2) is 42.6 Å². The van der Waals surface area contributed by atoms with E-state index in [-0.39, 0.29) is 5.69 Å². The number of nitrogens with one attached hydrogen (secondary N) is 1. The second kappa shape index (κ2) is 6.51. The first-order valence-corrected chi connectivity index (χ1v) is 6.19. The predicted octanol–water partition coefficient (Wildman–Crippen LogP) is 2.65. The van der Waals surface area contributed by atoms with Gasteiger partial charge >= 0.3 is 0 Å². The van der Waals surface area contributed by atoms with Crippen LogP contribution in [-0.4, -0.2) is 23.6 Å². The molecule has 2 aromatic rings. The molecule has 0 fully saturated rings. The number of nitro benzene ring substituents is 1. The smallest absolute Gasteiger partial charge is 0.275 e. The van der Waals surface area contributed by atoms with Crippen molar-refractivity contribution in [1.82, 2.24) is 4.98 Å². The normalized spacial score (nSPS) is 10.1. The molecule has 2 rings (SSSR count). The van der Waals surface area contributed by atoms with E-state index in [2.05, 4.69) is 10.3 Å². The van der Waals surface area contributed by atoms with E-state index in [1.807, 2.05) is 18.2 Å². The van der Waals surface area contributed by atoms with Crippen molar-refractivity contribution >= 4 is 11.4 Å². The maximum absolute atomic E-state index is 10.8. The summed E-state index contributed by atoms with van der Waals surface area (Å²) in [6, 6.07) is 10.3. The first-order chi connectivity index (χ1) is 9.69. The monoisotopic (exact) mass is 273 g/mol. The summed E-state index contributed by atoms with van der Waals surface area (Å²) in [5, 5.41) is 13.7. The zero-order chi connectivity index (χ0) is 14.4. The van der Waals surface area contributed by atoms with Gasteiger partial charge in [0.1, 0.15) is 5.75 Å². The summed E-state index contributed by atoms with van der Waals surface area (Å²) in [4.78, 5) is 14.6. The molecule has 104 valence electrons. The zero-order valence-corrected chi connectivity index (χ0v) is 11.1. The molecule has 0 radical (unpaired) electrons. The summed E-state index contributed by atoms with van der Waals surface area (Å²) < 4.78 is 5.56. The molecule has 0 amide bonds. The molecule has 0 atom stereocenters. The van der Waals surface area contributed by atoms with Crippen molar-refractivity contribution in [2.45, 2.75) is 6.42 Å². The minimum atomic E-state index is -0.438. The number of ether oxygens (including phenoxy) is 1. The van der Waals surface area contributed by atoms with Crippen LogP contribution in [-0.2, 0) is 6.42 Å². The van der Waals surface area contributed by atoms with Gasteiger partial charge in [-0.1, -0.05) is 6.07 Å². The zero-order valence-electron chi connectivity index (χ0n) is 11.1. The number of pyridine rings is 1. The summed E-state index contributed by atoms with van der Waals surface area (Å²) in [7, 11) is 1.71. The molecule has 0 unspecified atom stereocenters. The van der Waals surface area contributed by atoms with Gasteiger partial charge in [-0.3, -0.25) is 15.1 Å². The third-order valence-corrected chi connectivity index (χ3v) is 2.74. The summed E-state index contributed by atoms with van der Waals surface area (Å²) in [5.74, 6) is 0.472. The largest absolute Gasteiger partial charge is 0.493 e. The Kier molecular flexibility index (Phi) is 4.49. The highest BCUT2D eigenvalue weighted by molar-refractivity contribution is 5.56. The lowest BCUT2D eigenvalue weighted by atomic mass is 10.2. The Morgan fingerprint density at radius 1 is 1.35 bits per heavy atom. The number of benzene rings is 1. The third-order valence-electron chi connectivity index (χ3n) is 2.74. The lowest BCUT2D eigenvalue weighted by Gasteiger charge is -2.08. The predicted molar refractivity (Wildman–Crippen MR) is 76.1 cm³/mol. The average Bonchev–Trinajstić information content (AvgIpc) is 2.48. The van der Waals surface area contributed by atoms with E-state index in [0.717, 1.165) is 5.69 Å². The first kappa shape index (κ1) is 13.8. The summed E-state index contributed by atoms with van der Waals surface area (Å²) in [5.41, 5.74) is 1.57. The van der Waals surface area contributed by atoms with Crippen LogP contribution in [0.1, 0.15) is 5.69 Å². The topological polar surface area (TPSA) is 77.3 Å². The number of non-ortho nitro benzene ring substituents is 1. The van der Waals surface area contributed by atoms with Crippen molar-refractivity contribution in [3.63, 3.8) is 0 Å². The second-order valence-electron chi connectivity index (χ2n) is 4.14. The van der Waals surface area contributed by atoms with Crippen LogP contribution in [0.2, 0.25) is 0 Å². The number of anilines is 1. The molecular weight excluding hydrogens is 258 g/mol. The average molecular weight is 273 g/mol. The quantitative estimate of drug-likeness (QED) is 0.646. The van der Waals surface area contributed by atoms with E-state index < -0.39 is 4.92 Å². The summed E-state index contributed by atoms with van der Waals surface area (Å²) >= 11 is 0. The van der Waals surface area contributed by atoms with Gasteiger partial charge in [0.2, 0.25) is 0 Å². The maximum atomic E-state index is 10.8. The molecule has 0 spiro atoms. The van der Waals surface area contributed by atoms with Crippen LogP contribution in [0, 0.1) is 10.1 Å². The molecular formula is C14H15N3O3. The fourth-order valence-electron chi connectivity index (χ4n) is 1.74. The molecule has 6 heteroatoms. The molecule has 1 N–H and O–H groups in total. The lowest BCUT2D eigenvalue weighted by molar-refractivity contribution is -0.384. The first-order valence-electron chi connectivity index (χ1n) is 6.19. The summed E-state index contributed by atoms with van der Waals surface area (Å²) in [6.45, 7) is 0.418. The second-order valence-corrected chi connectivity index (χ2v) is 4.14. The van der Waals surface area contributed by atoms with E-state index in [1.54, 1.807) is 19.3 Å². The molecule has 1 heterocycles. The molecule has 0 aliphatic heterocycles. The van der Waals surface area contributed by atoms with Crippen LogP contribution in [0.4, 0.5) is 11.4 Å². The van der Waals surface area contributed by atoms with Gasteiger partial charge in [0.05, 0.1) is 17.6 Å². The van der Waals surface area contributed by atoms with Gasteiger partial charge in [-0.2, -0.15) is 0 Å². The molecule has 1 aromatic carbocycles. The molecule has 6 nitrogen and oxygen atoms in total. The van der Waals surface area contributed by atoms with Crippen LogP contribution >= 0.6 is 0 Å². The van der Waals surface area contributed by atoms with Crippen molar-refractivity contribution in [1.29, 1.82) is 0 Å². The Morgan fingerprint density at radius 3 is 2.85 bits per heavy atom. The summed E-state index contributed by atoms with van der Waals surface area (Å²) in [6.07, 6.45) is 2.38. The Morgan fingerprint density at radius 2 is 2.20 bits per heavy atom. The van der Waals surface area contributed by atoms with Gasteiger partial charge in [0.15, 0.2) is 0 Å². The van der Waals surface area contributed by atoms with Gasteiger partial charge in [0.25, 0.3) is 5.69 Å². The van der Waals surface area contributed by atoms with Crippen molar-refractivity contribution in [3.05, 3.63) is 58.4 Å². The van der Waals surface area contributed by atoms with Crippen LogP contribution < -0.4 is 10.1 Å². The van der Waals surface area contributed by atoms with Crippen molar-refractivity contribution in [3.8, 4) is 5.75 Å². The van der Waals surface area contributed by atoms with Crippen molar-refractivity contribution < 1.29 is 9.66 Å². The minimum Gasteiger partial charge on any atom is -0.493 e. The van der Waals surface area contributed by atoms with E-state index in [0.29, 0.717) is 24.5 Å². The number of hydrogen-bond donors (Lipinski definition) is 1. The van der Waals surface area contributed by atoms with Crippen molar-refractivity contribution in [2.24, 2.45) is 0 Å². The Bertz CT molecular complexity index is 587. The maximum Gasteiger partial charge on any atom is 0.275 e. The number of aromatic nitrogens is 1. The lowest BCUT2D eigenvalue weighted by Crippen LogP contribution is -2.03. The van der Waals surface area contributed by atoms with Crippen LogP contribution in [0.5, 0.6) is 5.75 Å². The van der Waals surface area contributed by atoms with Crippen LogP contribution in [0.25, 0.3) is 0 Å². The van der Waals surface area contributed by atoms with Gasteiger partial charge in [0, 0.05) is 43.2 Å². The third kappa shape index (κ3) is 3.68. The van der Waals surface area contributed by atoms with Gasteiger partial charge in [-0.25, -0.2) is 0 Å². The van der Waals surface area contributed by atoms with Gasteiger partial charge in [-0.05, 0) is 12.1 Å². The van der Waals surface area contributed by atoms with E-state index in [4.69, 9.17) is 4.74 Å². The molecule has 0 bridgehead atoms. The highest BCUT2D eigenvalue weighted by atomic mass is 16.6. The fourth-order valence-corrected chi connectivity index (χ4v) is 1.74. The minimum absolute atomic E-state index is 0.00434. The molecule has 0 saturated heterocycles. The van der Waals surface area contributed by atoms with E-state index in [9.17, 15) is 10.1 Å². The number of nitro groups is 1. The molecule has 0 aliphatic carbocycles. The highest BCUT2D eigenvalue weighted by Crippen LogP contribution is 2.25. The molecule has 0 saturated carbocycles. The van der Waals surface area contributed by atoms with Crippen LogP contribution in [0.3, 0.4) is 0 Å². The Balaban J connectivity index is 2.02. The standard InChI is InChI=1S/C14H15N3O3/c1-15-12-8-13(17(18)19)10-14(9-12)20-7-5-11-4-2-3-6-16-11/h2-4,6,8-10,15H,5,7H2,1H3. The molecule has 0 aliphatic rings. The highest BCUT2D eigenvalue weighted by Gasteiger charge is 2.10. The molecule has 1 aromatic heterocycles. The van der Waals surface area contributed by atoms with Gasteiger partial charge in [-0.15, -0.1) is 0 Å². The Labute approximate surface area is 116 Å². The van der Waals surface area contributed by atoms with E-state index >= 15 is 0 Å². The molecule has 20 heavy (non-hydrogen) atoms. The number of hydrogen-bond acceptors (Lipinski definition) is 5. The van der Waals surface area contributed by atoms with Gasteiger partial charge < -0.3 is 10.1 Å². The van der Waals surface area contributed by atoms with E-state index in [1.165, 1.54) is 12.1 Å². The van der Waals surface area contributed by atoms with Crippen molar-refractivity contribution in [2.75, 3.05) is 19.0 Å². The number of rotatable bonds is 6. The number of nitrogens with zero attached hydrogens (tertiary/aromatic N) is 2. The SMILES string of the molecule is CNc1cc(OCCc2ccccn2)cc([N+](=O)[O-])c1.